The van der Waals surface area contributed by atoms with Crippen LogP contribution in [0.3, 0.4) is 0 Å². The van der Waals surface area contributed by atoms with Gasteiger partial charge in [0.05, 0.1) is 18.3 Å². The third kappa shape index (κ3) is 2.98. The molecular formula is C18H21N3O2S. The highest BCUT2D eigenvalue weighted by Crippen LogP contribution is 2.32. The second kappa shape index (κ2) is 6.43. The van der Waals surface area contributed by atoms with E-state index in [1.807, 2.05) is 31.3 Å². The second-order valence-corrected chi connectivity index (χ2v) is 7.56. The van der Waals surface area contributed by atoms with Gasteiger partial charge in [-0.3, -0.25) is 0 Å². The van der Waals surface area contributed by atoms with Crippen LogP contribution in [0, 0.1) is 0 Å². The zero-order valence-corrected chi connectivity index (χ0v) is 14.6. The van der Waals surface area contributed by atoms with Gasteiger partial charge in [0.25, 0.3) is 0 Å². The summed E-state index contributed by atoms with van der Waals surface area (Å²) in [6, 6.07) is 7.68. The number of aromatic nitrogens is 1. The number of ether oxygens (including phenoxy) is 1. The van der Waals surface area contributed by atoms with Gasteiger partial charge in [-0.1, -0.05) is 18.2 Å². The first kappa shape index (κ1) is 15.4. The number of hydrogen-bond acceptors (Lipinski definition) is 4. The number of carbonyl (C=O) groups is 1. The first-order valence-corrected chi connectivity index (χ1v) is 9.23. The van der Waals surface area contributed by atoms with Crippen LogP contribution in [0.15, 0.2) is 24.3 Å². The fraction of sp³-hybridized carbons (Fsp3) is 0.444. The van der Waals surface area contributed by atoms with Crippen molar-refractivity contribution < 1.29 is 9.53 Å². The minimum atomic E-state index is -0.0894. The average molecular weight is 343 g/mol. The van der Waals surface area contributed by atoms with Crippen molar-refractivity contribution in [3.05, 3.63) is 45.4 Å². The minimum Gasteiger partial charge on any atom is -0.491 e. The lowest BCUT2D eigenvalue weighted by atomic mass is 10.0. The first-order valence-electron chi connectivity index (χ1n) is 8.41. The van der Waals surface area contributed by atoms with E-state index < -0.39 is 0 Å². The van der Waals surface area contributed by atoms with Gasteiger partial charge in [-0.2, -0.15) is 0 Å². The van der Waals surface area contributed by atoms with Crippen molar-refractivity contribution in [2.45, 2.75) is 38.3 Å². The predicted molar refractivity (Wildman–Crippen MR) is 93.4 cm³/mol. The fourth-order valence-corrected chi connectivity index (χ4v) is 4.50. The summed E-state index contributed by atoms with van der Waals surface area (Å²) in [4.78, 5) is 20.3. The molecular weight excluding hydrogens is 322 g/mol. The number of carbonyl (C=O) groups excluding carboxylic acids is 1. The Morgan fingerprint density at radius 1 is 1.38 bits per heavy atom. The lowest BCUT2D eigenvalue weighted by Crippen LogP contribution is -2.39. The van der Waals surface area contributed by atoms with Crippen LogP contribution >= 0.6 is 11.3 Å². The summed E-state index contributed by atoms with van der Waals surface area (Å²) >= 11 is 1.75. The van der Waals surface area contributed by atoms with Gasteiger partial charge in [-0.25, -0.2) is 9.78 Å². The average Bonchev–Trinajstić information content (AvgIpc) is 3.18. The molecule has 1 N–H and O–H groups in total. The molecule has 0 saturated heterocycles. The lowest BCUT2D eigenvalue weighted by molar-refractivity contribution is 0.199. The first-order chi connectivity index (χ1) is 11.7. The topological polar surface area (TPSA) is 54.5 Å². The van der Waals surface area contributed by atoms with Gasteiger partial charge in [0.2, 0.25) is 0 Å². The summed E-state index contributed by atoms with van der Waals surface area (Å²) in [5, 5.41) is 4.09. The Balaban J connectivity index is 1.39. The van der Waals surface area contributed by atoms with Crippen molar-refractivity contribution in [3.63, 3.8) is 0 Å². The van der Waals surface area contributed by atoms with Crippen molar-refractivity contribution in [1.29, 1.82) is 0 Å². The van der Waals surface area contributed by atoms with E-state index in [-0.39, 0.29) is 12.1 Å². The van der Waals surface area contributed by atoms with Crippen molar-refractivity contribution >= 4 is 17.4 Å². The molecule has 1 aromatic carbocycles. The predicted octanol–water partition coefficient (Wildman–Crippen LogP) is 3.30. The summed E-state index contributed by atoms with van der Waals surface area (Å²) in [6.07, 6.45) is 4.71. The van der Waals surface area contributed by atoms with Gasteiger partial charge >= 0.3 is 6.03 Å². The van der Waals surface area contributed by atoms with Crippen LogP contribution in [0.2, 0.25) is 0 Å². The van der Waals surface area contributed by atoms with E-state index >= 15 is 0 Å². The van der Waals surface area contributed by atoms with E-state index in [9.17, 15) is 4.79 Å². The lowest BCUT2D eigenvalue weighted by Gasteiger charge is -2.19. The monoisotopic (exact) mass is 343 g/mol. The Labute approximate surface area is 145 Å². The molecule has 5 nitrogen and oxygen atoms in total. The highest BCUT2D eigenvalue weighted by Gasteiger charge is 2.26. The summed E-state index contributed by atoms with van der Waals surface area (Å²) in [7, 11) is 1.82. The molecule has 0 saturated carbocycles. The molecule has 0 fully saturated rings. The van der Waals surface area contributed by atoms with Crippen LogP contribution < -0.4 is 10.1 Å². The largest absolute Gasteiger partial charge is 0.491 e. The highest BCUT2D eigenvalue weighted by atomic mass is 32.1. The number of fused-ring (bicyclic) bond motifs is 2. The Hall–Kier alpha value is -2.08. The Kier molecular flexibility index (Phi) is 4.14. The van der Waals surface area contributed by atoms with Gasteiger partial charge in [0, 0.05) is 17.5 Å². The summed E-state index contributed by atoms with van der Waals surface area (Å²) in [5.41, 5.74) is 2.29. The normalized spacial score (nSPS) is 18.5. The maximum atomic E-state index is 12.5. The van der Waals surface area contributed by atoms with E-state index in [4.69, 9.17) is 9.72 Å². The molecule has 2 amide bonds. The van der Waals surface area contributed by atoms with Crippen molar-refractivity contribution in [2.75, 3.05) is 13.7 Å². The van der Waals surface area contributed by atoms with Crippen LogP contribution in [-0.4, -0.2) is 29.6 Å². The standard InChI is InChI=1S/C18H21N3O2S/c1-21(10-17-19-13-7-3-5-9-16(13)24-17)18(22)20-14-11-23-15-8-4-2-6-12(14)15/h2,4,6,8,14H,3,5,7,9-11H2,1H3,(H,20,22)/t14-/m1/s1. The highest BCUT2D eigenvalue weighted by molar-refractivity contribution is 7.11. The molecule has 1 aliphatic carbocycles. The zero-order valence-electron chi connectivity index (χ0n) is 13.7. The van der Waals surface area contributed by atoms with Crippen molar-refractivity contribution in [2.24, 2.45) is 0 Å². The molecule has 24 heavy (non-hydrogen) atoms. The Bertz CT molecular complexity index is 735. The van der Waals surface area contributed by atoms with E-state index in [1.165, 1.54) is 23.4 Å². The molecule has 4 rings (SSSR count). The number of benzene rings is 1. The smallest absolute Gasteiger partial charge is 0.318 e. The molecule has 2 aromatic rings. The van der Waals surface area contributed by atoms with Gasteiger partial charge in [-0.15, -0.1) is 11.3 Å². The molecule has 0 bridgehead atoms. The fourth-order valence-electron chi connectivity index (χ4n) is 3.29. The molecule has 2 heterocycles. The number of hydrogen-bond donors (Lipinski definition) is 1. The summed E-state index contributed by atoms with van der Waals surface area (Å²) < 4.78 is 5.62. The van der Waals surface area contributed by atoms with Crippen LogP contribution in [0.25, 0.3) is 0 Å². The van der Waals surface area contributed by atoms with Crippen molar-refractivity contribution in [1.82, 2.24) is 15.2 Å². The number of nitrogens with zero attached hydrogens (tertiary/aromatic N) is 2. The van der Waals surface area contributed by atoms with Crippen LogP contribution in [0.4, 0.5) is 4.79 Å². The third-order valence-electron chi connectivity index (χ3n) is 4.61. The van der Waals surface area contributed by atoms with Crippen LogP contribution in [-0.2, 0) is 19.4 Å². The molecule has 126 valence electrons. The quantitative estimate of drug-likeness (QED) is 0.930. The summed E-state index contributed by atoms with van der Waals surface area (Å²) in [5.74, 6) is 0.859. The molecule has 1 aromatic heterocycles. The zero-order chi connectivity index (χ0) is 16.5. The SMILES string of the molecule is CN(Cc1nc2c(s1)CCCC2)C(=O)N[C@@H]1COc2ccccc21. The van der Waals surface area contributed by atoms with Crippen LogP contribution in [0.1, 0.15) is 40.0 Å². The third-order valence-corrected chi connectivity index (χ3v) is 5.75. The summed E-state index contributed by atoms with van der Waals surface area (Å²) in [6.45, 7) is 1.04. The maximum absolute atomic E-state index is 12.5. The van der Waals surface area contributed by atoms with E-state index in [2.05, 4.69) is 5.32 Å². The number of urea groups is 1. The minimum absolute atomic E-state index is 0.0827. The second-order valence-electron chi connectivity index (χ2n) is 6.39. The van der Waals surface area contributed by atoms with Gasteiger partial charge in [0.1, 0.15) is 17.4 Å². The Morgan fingerprint density at radius 3 is 3.08 bits per heavy atom. The molecule has 6 heteroatoms. The number of aryl methyl sites for hydroxylation is 2. The van der Waals surface area contributed by atoms with Gasteiger partial charge in [0.15, 0.2) is 0 Å². The molecule has 0 radical (unpaired) electrons. The van der Waals surface area contributed by atoms with E-state index in [1.54, 1.807) is 16.2 Å². The van der Waals surface area contributed by atoms with Crippen molar-refractivity contribution in [3.8, 4) is 5.75 Å². The van der Waals surface area contributed by atoms with E-state index in [0.717, 1.165) is 29.2 Å². The van der Waals surface area contributed by atoms with Gasteiger partial charge < -0.3 is 15.0 Å². The molecule has 1 atom stereocenters. The Morgan fingerprint density at radius 2 is 2.21 bits per heavy atom. The maximum Gasteiger partial charge on any atom is 0.318 e. The number of para-hydroxylation sites is 1. The molecule has 0 spiro atoms. The number of thiazole rings is 1. The number of amides is 2. The van der Waals surface area contributed by atoms with E-state index in [0.29, 0.717) is 13.2 Å². The number of rotatable bonds is 3. The molecule has 1 aliphatic heterocycles. The van der Waals surface area contributed by atoms with Gasteiger partial charge in [-0.05, 0) is 31.7 Å². The molecule has 2 aliphatic rings. The van der Waals surface area contributed by atoms with Crippen LogP contribution in [0.5, 0.6) is 5.75 Å². The number of nitrogens with one attached hydrogen (secondary N) is 1. The molecule has 0 unspecified atom stereocenters.